The minimum atomic E-state index is 0.785. The molecule has 1 rings (SSSR count). The third kappa shape index (κ3) is 3.91. The molecule has 2 N–H and O–H groups in total. The standard InChI is InChI=1S/C14H25NS/c1-3-5-7-12-11-16-14(9-10-15)13(12)8-6-4-2/h11H,3-10,15H2,1-2H3. The highest BCUT2D eigenvalue weighted by atomic mass is 32.1. The van der Waals surface area contributed by atoms with Crippen molar-refractivity contribution in [2.75, 3.05) is 6.54 Å². The van der Waals surface area contributed by atoms with Gasteiger partial charge in [0.15, 0.2) is 0 Å². The molecule has 92 valence electrons. The first-order chi connectivity index (χ1) is 7.83. The summed E-state index contributed by atoms with van der Waals surface area (Å²) in [6.45, 7) is 5.31. The van der Waals surface area contributed by atoms with Crippen LogP contribution in [0.15, 0.2) is 5.38 Å². The Morgan fingerprint density at radius 2 is 1.75 bits per heavy atom. The summed E-state index contributed by atoms with van der Waals surface area (Å²) in [5.74, 6) is 0. The molecule has 0 fully saturated rings. The summed E-state index contributed by atoms with van der Waals surface area (Å²) in [7, 11) is 0. The average molecular weight is 239 g/mol. The number of hydrogen-bond acceptors (Lipinski definition) is 2. The molecule has 0 saturated heterocycles. The van der Waals surface area contributed by atoms with E-state index in [1.165, 1.54) is 38.5 Å². The van der Waals surface area contributed by atoms with E-state index in [-0.39, 0.29) is 0 Å². The fraction of sp³-hybridized carbons (Fsp3) is 0.714. The van der Waals surface area contributed by atoms with E-state index in [0.29, 0.717) is 0 Å². The van der Waals surface area contributed by atoms with Crippen molar-refractivity contribution in [1.29, 1.82) is 0 Å². The molecule has 0 bridgehead atoms. The van der Waals surface area contributed by atoms with Crippen LogP contribution in [0.1, 0.15) is 55.5 Å². The van der Waals surface area contributed by atoms with Gasteiger partial charge in [-0.2, -0.15) is 0 Å². The third-order valence-corrected chi connectivity index (χ3v) is 4.16. The second-order valence-corrected chi connectivity index (χ2v) is 5.37. The van der Waals surface area contributed by atoms with Gasteiger partial charge in [-0.05, 0) is 55.2 Å². The van der Waals surface area contributed by atoms with Crippen molar-refractivity contribution in [3.63, 3.8) is 0 Å². The molecule has 0 spiro atoms. The number of thiophene rings is 1. The molecule has 1 aromatic rings. The summed E-state index contributed by atoms with van der Waals surface area (Å²) < 4.78 is 0. The lowest BCUT2D eigenvalue weighted by atomic mass is 9.99. The second-order valence-electron chi connectivity index (χ2n) is 4.41. The van der Waals surface area contributed by atoms with Crippen molar-refractivity contribution < 1.29 is 0 Å². The molecule has 2 heteroatoms. The zero-order valence-corrected chi connectivity index (χ0v) is 11.5. The third-order valence-electron chi connectivity index (χ3n) is 3.02. The van der Waals surface area contributed by atoms with Crippen molar-refractivity contribution in [2.24, 2.45) is 5.73 Å². The Morgan fingerprint density at radius 3 is 2.38 bits per heavy atom. The van der Waals surface area contributed by atoms with Gasteiger partial charge in [0.1, 0.15) is 0 Å². The van der Waals surface area contributed by atoms with Gasteiger partial charge in [0.05, 0.1) is 0 Å². The molecule has 0 aliphatic carbocycles. The van der Waals surface area contributed by atoms with Gasteiger partial charge in [0.2, 0.25) is 0 Å². The van der Waals surface area contributed by atoms with Gasteiger partial charge in [0.25, 0.3) is 0 Å². The van der Waals surface area contributed by atoms with E-state index < -0.39 is 0 Å². The molecule has 1 heterocycles. The van der Waals surface area contributed by atoms with E-state index in [1.54, 1.807) is 16.0 Å². The maximum absolute atomic E-state index is 5.67. The van der Waals surface area contributed by atoms with E-state index in [2.05, 4.69) is 19.2 Å². The zero-order chi connectivity index (χ0) is 11.8. The molecule has 0 unspecified atom stereocenters. The lowest BCUT2D eigenvalue weighted by molar-refractivity contribution is 0.756. The summed E-state index contributed by atoms with van der Waals surface area (Å²) in [5.41, 5.74) is 8.91. The second kappa shape index (κ2) is 7.86. The van der Waals surface area contributed by atoms with Crippen molar-refractivity contribution in [1.82, 2.24) is 0 Å². The number of hydrogen-bond donors (Lipinski definition) is 1. The molecule has 0 atom stereocenters. The Balaban J connectivity index is 2.72. The van der Waals surface area contributed by atoms with Crippen LogP contribution in [-0.2, 0) is 19.3 Å². The van der Waals surface area contributed by atoms with Crippen molar-refractivity contribution in [3.8, 4) is 0 Å². The fourth-order valence-corrected chi connectivity index (χ4v) is 3.19. The summed E-state index contributed by atoms with van der Waals surface area (Å²) in [6, 6.07) is 0. The highest BCUT2D eigenvalue weighted by Crippen LogP contribution is 2.26. The predicted molar refractivity (Wildman–Crippen MR) is 74.3 cm³/mol. The smallest absolute Gasteiger partial charge is 0.00926 e. The van der Waals surface area contributed by atoms with Crippen LogP contribution in [0.4, 0.5) is 0 Å². The van der Waals surface area contributed by atoms with E-state index >= 15 is 0 Å². The minimum Gasteiger partial charge on any atom is -0.330 e. The lowest BCUT2D eigenvalue weighted by Gasteiger charge is -2.06. The van der Waals surface area contributed by atoms with Gasteiger partial charge in [-0.15, -0.1) is 11.3 Å². The topological polar surface area (TPSA) is 26.0 Å². The zero-order valence-electron chi connectivity index (χ0n) is 10.7. The van der Waals surface area contributed by atoms with Crippen LogP contribution in [0.2, 0.25) is 0 Å². The van der Waals surface area contributed by atoms with Crippen molar-refractivity contribution in [3.05, 3.63) is 21.4 Å². The molecule has 16 heavy (non-hydrogen) atoms. The lowest BCUT2D eigenvalue weighted by Crippen LogP contribution is -2.04. The number of nitrogens with two attached hydrogens (primary N) is 1. The summed E-state index contributed by atoms with van der Waals surface area (Å²) in [6.07, 6.45) is 8.78. The van der Waals surface area contributed by atoms with Gasteiger partial charge in [-0.25, -0.2) is 0 Å². The molecule has 0 saturated carbocycles. The number of rotatable bonds is 8. The van der Waals surface area contributed by atoms with Crippen LogP contribution in [0.5, 0.6) is 0 Å². The van der Waals surface area contributed by atoms with Gasteiger partial charge in [-0.1, -0.05) is 26.7 Å². The average Bonchev–Trinajstić information content (AvgIpc) is 2.67. The monoisotopic (exact) mass is 239 g/mol. The summed E-state index contributed by atoms with van der Waals surface area (Å²) in [5, 5.41) is 2.37. The quantitative estimate of drug-likeness (QED) is 0.730. The highest BCUT2D eigenvalue weighted by Gasteiger charge is 2.10. The maximum Gasteiger partial charge on any atom is 0.00926 e. The molecule has 1 aromatic heterocycles. The Bertz CT molecular complexity index is 291. The Kier molecular flexibility index (Phi) is 6.74. The molecule has 0 aliphatic rings. The molecule has 0 aromatic carbocycles. The fourth-order valence-electron chi connectivity index (χ4n) is 2.04. The van der Waals surface area contributed by atoms with Crippen molar-refractivity contribution >= 4 is 11.3 Å². The molecular weight excluding hydrogens is 214 g/mol. The normalized spacial score (nSPS) is 10.9. The molecule has 0 amide bonds. The first-order valence-electron chi connectivity index (χ1n) is 6.61. The SMILES string of the molecule is CCCCc1csc(CCN)c1CCCC. The van der Waals surface area contributed by atoms with Crippen LogP contribution in [0, 0.1) is 0 Å². The van der Waals surface area contributed by atoms with E-state index in [0.717, 1.165) is 13.0 Å². The van der Waals surface area contributed by atoms with E-state index in [9.17, 15) is 0 Å². The van der Waals surface area contributed by atoms with E-state index in [4.69, 9.17) is 5.73 Å². The number of unbranched alkanes of at least 4 members (excludes halogenated alkanes) is 2. The Labute approximate surface area is 104 Å². The largest absolute Gasteiger partial charge is 0.330 e. The highest BCUT2D eigenvalue weighted by molar-refractivity contribution is 7.10. The van der Waals surface area contributed by atoms with Crippen LogP contribution < -0.4 is 5.73 Å². The predicted octanol–water partition coefficient (Wildman–Crippen LogP) is 3.93. The van der Waals surface area contributed by atoms with Gasteiger partial charge in [-0.3, -0.25) is 0 Å². The molecular formula is C14H25NS. The van der Waals surface area contributed by atoms with Crippen molar-refractivity contribution in [2.45, 2.75) is 58.8 Å². The summed E-state index contributed by atoms with van der Waals surface area (Å²) >= 11 is 1.92. The van der Waals surface area contributed by atoms with Gasteiger partial charge >= 0.3 is 0 Å². The maximum atomic E-state index is 5.67. The first kappa shape index (κ1) is 13.7. The summed E-state index contributed by atoms with van der Waals surface area (Å²) in [4.78, 5) is 1.54. The van der Waals surface area contributed by atoms with E-state index in [1.807, 2.05) is 11.3 Å². The number of aryl methyl sites for hydroxylation is 1. The van der Waals surface area contributed by atoms with Gasteiger partial charge in [0, 0.05) is 4.88 Å². The molecule has 0 aliphatic heterocycles. The van der Waals surface area contributed by atoms with Gasteiger partial charge < -0.3 is 5.73 Å². The molecule has 0 radical (unpaired) electrons. The van der Waals surface area contributed by atoms with Crippen LogP contribution in [0.3, 0.4) is 0 Å². The Morgan fingerprint density at radius 1 is 1.06 bits per heavy atom. The van der Waals surface area contributed by atoms with Crippen LogP contribution >= 0.6 is 11.3 Å². The molecule has 1 nitrogen and oxygen atoms in total. The van der Waals surface area contributed by atoms with Crippen LogP contribution in [0.25, 0.3) is 0 Å². The van der Waals surface area contributed by atoms with Crippen LogP contribution in [-0.4, -0.2) is 6.54 Å². The minimum absolute atomic E-state index is 0.785. The first-order valence-corrected chi connectivity index (χ1v) is 7.49. The Hall–Kier alpha value is -0.340.